The van der Waals surface area contributed by atoms with Gasteiger partial charge in [-0.2, -0.15) is 10.2 Å². The Bertz CT molecular complexity index is 1200. The Morgan fingerprint density at radius 3 is 2.65 bits per heavy atom. The number of nitrogens with zero attached hydrogens (tertiary/aromatic N) is 3. The van der Waals surface area contributed by atoms with Crippen molar-refractivity contribution in [2.45, 2.75) is 0 Å². The minimum atomic E-state index is -0.447. The van der Waals surface area contributed by atoms with E-state index in [2.05, 4.69) is 10.5 Å². The van der Waals surface area contributed by atoms with Gasteiger partial charge in [-0.25, -0.2) is 10.1 Å². The number of hydrogen-bond donors (Lipinski definition) is 1. The van der Waals surface area contributed by atoms with Gasteiger partial charge in [-0.05, 0) is 42.5 Å². The van der Waals surface area contributed by atoms with E-state index in [9.17, 15) is 4.79 Å². The number of nitrogens with one attached hydrogen (secondary N) is 1. The molecule has 156 valence electrons. The van der Waals surface area contributed by atoms with E-state index in [1.165, 1.54) is 12.5 Å². The van der Waals surface area contributed by atoms with Crippen LogP contribution in [-0.2, 0) is 0 Å². The maximum absolute atomic E-state index is 12.1. The molecule has 0 saturated heterocycles. The summed E-state index contributed by atoms with van der Waals surface area (Å²) in [7, 11) is 3.19. The summed E-state index contributed by atoms with van der Waals surface area (Å²) in [5.41, 5.74) is 5.36. The summed E-state index contributed by atoms with van der Waals surface area (Å²) in [5, 5.41) is 8.82. The molecule has 1 amide bonds. The van der Waals surface area contributed by atoms with Crippen LogP contribution in [0.5, 0.6) is 11.5 Å². The molecule has 4 rings (SSSR count). The molecule has 31 heavy (non-hydrogen) atoms. The lowest BCUT2D eigenvalue weighted by atomic mass is 10.1. The molecule has 2 aromatic carbocycles. The van der Waals surface area contributed by atoms with Gasteiger partial charge in [0.1, 0.15) is 17.2 Å². The summed E-state index contributed by atoms with van der Waals surface area (Å²) in [6, 6.07) is 18.4. The van der Waals surface area contributed by atoms with Gasteiger partial charge in [0.15, 0.2) is 5.76 Å². The third-order valence-electron chi connectivity index (χ3n) is 4.54. The Morgan fingerprint density at radius 1 is 1.10 bits per heavy atom. The first-order valence-electron chi connectivity index (χ1n) is 9.44. The molecule has 0 atom stereocenters. The smallest absolute Gasteiger partial charge is 0.307 e. The Balaban J connectivity index is 1.74. The Hall–Kier alpha value is -4.33. The molecule has 0 spiro atoms. The van der Waals surface area contributed by atoms with E-state index in [0.717, 1.165) is 11.3 Å². The maximum atomic E-state index is 12.1. The van der Waals surface area contributed by atoms with E-state index >= 15 is 0 Å². The Morgan fingerprint density at radius 2 is 1.94 bits per heavy atom. The zero-order valence-corrected chi connectivity index (χ0v) is 17.0. The molecule has 0 bridgehead atoms. The zero-order chi connectivity index (χ0) is 21.6. The number of methoxy groups -OCH3 is 2. The van der Waals surface area contributed by atoms with Crippen LogP contribution in [0.25, 0.3) is 16.9 Å². The monoisotopic (exact) mass is 416 g/mol. The molecule has 4 aromatic rings. The highest BCUT2D eigenvalue weighted by atomic mass is 16.5. The van der Waals surface area contributed by atoms with E-state index in [1.54, 1.807) is 31.0 Å². The van der Waals surface area contributed by atoms with Crippen LogP contribution in [0.2, 0.25) is 0 Å². The molecule has 0 aliphatic rings. The number of hydrazone groups is 1. The summed E-state index contributed by atoms with van der Waals surface area (Å²) >= 11 is 0. The highest BCUT2D eigenvalue weighted by molar-refractivity contribution is 5.94. The number of ether oxygens (including phenoxy) is 2. The average molecular weight is 416 g/mol. The van der Waals surface area contributed by atoms with Crippen molar-refractivity contribution in [2.24, 2.45) is 5.10 Å². The van der Waals surface area contributed by atoms with Crippen molar-refractivity contribution >= 4 is 12.1 Å². The highest BCUT2D eigenvalue weighted by Gasteiger charge is 2.17. The second kappa shape index (κ2) is 9.00. The van der Waals surface area contributed by atoms with Crippen molar-refractivity contribution in [3.8, 4) is 28.4 Å². The number of amides is 1. The van der Waals surface area contributed by atoms with E-state index < -0.39 is 5.91 Å². The van der Waals surface area contributed by atoms with E-state index in [-0.39, 0.29) is 5.76 Å². The van der Waals surface area contributed by atoms with Crippen molar-refractivity contribution in [1.82, 2.24) is 15.2 Å². The molecule has 0 aliphatic heterocycles. The van der Waals surface area contributed by atoms with Crippen LogP contribution in [-0.4, -0.2) is 36.1 Å². The topological polar surface area (TPSA) is 90.9 Å². The summed E-state index contributed by atoms with van der Waals surface area (Å²) < 4.78 is 17.7. The van der Waals surface area contributed by atoms with Crippen LogP contribution in [0.15, 0.2) is 82.6 Å². The summed E-state index contributed by atoms with van der Waals surface area (Å²) in [5.74, 6) is 1.02. The summed E-state index contributed by atoms with van der Waals surface area (Å²) in [6.45, 7) is 0. The minimum absolute atomic E-state index is 0.173. The molecule has 8 heteroatoms. The summed E-state index contributed by atoms with van der Waals surface area (Å²) in [4.78, 5) is 12.1. The number of hydrogen-bond acceptors (Lipinski definition) is 6. The first kappa shape index (κ1) is 20.0. The van der Waals surface area contributed by atoms with E-state index in [0.29, 0.717) is 22.8 Å². The number of carbonyl (C=O) groups excluding carboxylic acids is 1. The molecule has 2 aromatic heterocycles. The second-order valence-electron chi connectivity index (χ2n) is 6.46. The number of para-hydroxylation sites is 1. The molecule has 8 nitrogen and oxygen atoms in total. The van der Waals surface area contributed by atoms with Gasteiger partial charge in [0, 0.05) is 17.3 Å². The number of aromatic nitrogens is 2. The number of benzene rings is 2. The lowest BCUT2D eigenvalue weighted by Gasteiger charge is -2.09. The fraction of sp³-hybridized carbons (Fsp3) is 0.0870. The lowest BCUT2D eigenvalue weighted by molar-refractivity contribution is 0.0927. The molecule has 0 fully saturated rings. The van der Waals surface area contributed by atoms with Crippen LogP contribution in [0.1, 0.15) is 16.1 Å². The van der Waals surface area contributed by atoms with Gasteiger partial charge in [0.05, 0.1) is 32.4 Å². The average Bonchev–Trinajstić information content (AvgIpc) is 3.50. The first-order chi connectivity index (χ1) is 15.2. The van der Waals surface area contributed by atoms with Crippen molar-refractivity contribution in [1.29, 1.82) is 0 Å². The SMILES string of the molecule is COc1ccc(OC)c(-c2nn(-c3ccccc3)cc2/C=N\NC(=O)c2ccco2)c1. The van der Waals surface area contributed by atoms with Gasteiger partial charge in [-0.3, -0.25) is 4.79 Å². The van der Waals surface area contributed by atoms with E-state index in [4.69, 9.17) is 19.0 Å². The van der Waals surface area contributed by atoms with Gasteiger partial charge in [-0.1, -0.05) is 18.2 Å². The molecular formula is C23H20N4O4. The molecule has 0 radical (unpaired) electrons. The normalized spacial score (nSPS) is 10.9. The third-order valence-corrected chi connectivity index (χ3v) is 4.54. The molecule has 1 N–H and O–H groups in total. The molecule has 0 saturated carbocycles. The van der Waals surface area contributed by atoms with Gasteiger partial charge < -0.3 is 13.9 Å². The third kappa shape index (κ3) is 4.32. The van der Waals surface area contributed by atoms with Gasteiger partial charge in [-0.15, -0.1) is 0 Å². The molecular weight excluding hydrogens is 396 g/mol. The predicted octanol–water partition coefficient (Wildman–Crippen LogP) is 3.91. The fourth-order valence-electron chi connectivity index (χ4n) is 3.03. The van der Waals surface area contributed by atoms with Crippen LogP contribution in [0.4, 0.5) is 0 Å². The quantitative estimate of drug-likeness (QED) is 0.364. The Labute approximate surface area is 178 Å². The minimum Gasteiger partial charge on any atom is -0.497 e. The number of furan rings is 1. The molecule has 0 aliphatic carbocycles. The Kier molecular flexibility index (Phi) is 5.79. The van der Waals surface area contributed by atoms with E-state index in [1.807, 2.05) is 54.7 Å². The van der Waals surface area contributed by atoms with Crippen molar-refractivity contribution in [3.63, 3.8) is 0 Å². The van der Waals surface area contributed by atoms with Crippen LogP contribution >= 0.6 is 0 Å². The van der Waals surface area contributed by atoms with Gasteiger partial charge >= 0.3 is 5.91 Å². The number of carbonyl (C=O) groups is 1. The largest absolute Gasteiger partial charge is 0.497 e. The predicted molar refractivity (Wildman–Crippen MR) is 116 cm³/mol. The van der Waals surface area contributed by atoms with Crippen LogP contribution in [0, 0.1) is 0 Å². The van der Waals surface area contributed by atoms with Crippen molar-refractivity contribution < 1.29 is 18.7 Å². The number of rotatable bonds is 7. The van der Waals surface area contributed by atoms with Gasteiger partial charge in [0.2, 0.25) is 0 Å². The lowest BCUT2D eigenvalue weighted by Crippen LogP contribution is -2.16. The van der Waals surface area contributed by atoms with Crippen LogP contribution in [0.3, 0.4) is 0 Å². The molecule has 0 unspecified atom stereocenters. The van der Waals surface area contributed by atoms with Gasteiger partial charge in [0.25, 0.3) is 0 Å². The summed E-state index contributed by atoms with van der Waals surface area (Å²) in [6.07, 6.45) is 4.78. The zero-order valence-electron chi connectivity index (χ0n) is 17.0. The maximum Gasteiger partial charge on any atom is 0.307 e. The fourth-order valence-corrected chi connectivity index (χ4v) is 3.03. The van der Waals surface area contributed by atoms with Crippen LogP contribution < -0.4 is 14.9 Å². The van der Waals surface area contributed by atoms with Crippen molar-refractivity contribution in [3.05, 3.63) is 84.4 Å². The second-order valence-corrected chi connectivity index (χ2v) is 6.46. The molecule has 2 heterocycles. The standard InChI is InChI=1S/C23H20N4O4/c1-29-18-10-11-20(30-2)19(13-18)22-16(14-24-25-23(28)21-9-6-12-31-21)15-27(26-22)17-7-4-3-5-8-17/h3-15H,1-2H3,(H,25,28)/b24-14-. The first-order valence-corrected chi connectivity index (χ1v) is 9.44. The highest BCUT2D eigenvalue weighted by Crippen LogP contribution is 2.34. The van der Waals surface area contributed by atoms with Crippen molar-refractivity contribution in [2.75, 3.05) is 14.2 Å².